The summed E-state index contributed by atoms with van der Waals surface area (Å²) in [4.78, 5) is 26.6. The first-order valence-corrected chi connectivity index (χ1v) is 10.7. The van der Waals surface area contributed by atoms with Crippen LogP contribution in [0.25, 0.3) is 0 Å². The van der Waals surface area contributed by atoms with Crippen LogP contribution in [0.2, 0.25) is 0 Å². The van der Waals surface area contributed by atoms with E-state index in [9.17, 15) is 9.59 Å². The van der Waals surface area contributed by atoms with E-state index in [4.69, 9.17) is 4.74 Å². The van der Waals surface area contributed by atoms with Gasteiger partial charge < -0.3 is 4.74 Å². The van der Waals surface area contributed by atoms with E-state index in [0.29, 0.717) is 5.56 Å². The van der Waals surface area contributed by atoms with E-state index in [1.54, 1.807) is 0 Å². The van der Waals surface area contributed by atoms with Crippen LogP contribution in [0.4, 0.5) is 0 Å². The Morgan fingerprint density at radius 2 is 1.29 bits per heavy atom. The zero-order valence-corrected chi connectivity index (χ0v) is 18.7. The molecule has 2 atom stereocenters. The van der Waals surface area contributed by atoms with Crippen molar-refractivity contribution < 1.29 is 14.3 Å². The van der Waals surface area contributed by atoms with Gasteiger partial charge in [-0.25, -0.2) is 0 Å². The Bertz CT molecular complexity index is 1000. The zero-order valence-electron chi connectivity index (χ0n) is 18.7. The van der Waals surface area contributed by atoms with Gasteiger partial charge in [0.05, 0.1) is 5.92 Å². The van der Waals surface area contributed by atoms with Gasteiger partial charge in [-0.05, 0) is 38.8 Å². The first-order valence-electron chi connectivity index (χ1n) is 10.7. The van der Waals surface area contributed by atoms with E-state index >= 15 is 0 Å². The number of hydrogen-bond acceptors (Lipinski definition) is 3. The second-order valence-electron chi connectivity index (χ2n) is 8.93. The Kier molecular flexibility index (Phi) is 7.06. The van der Waals surface area contributed by atoms with Crippen molar-refractivity contribution in [1.82, 2.24) is 0 Å². The third kappa shape index (κ3) is 6.14. The highest BCUT2D eigenvalue weighted by Gasteiger charge is 2.36. The molecule has 160 valence electrons. The summed E-state index contributed by atoms with van der Waals surface area (Å²) in [6.07, 6.45) is 0.214. The maximum absolute atomic E-state index is 13.4. The Labute approximate surface area is 185 Å². The lowest BCUT2D eigenvalue weighted by Gasteiger charge is -2.30. The molecule has 0 radical (unpaired) electrons. The van der Waals surface area contributed by atoms with Crippen LogP contribution in [0.15, 0.2) is 84.9 Å². The first kappa shape index (κ1) is 22.5. The van der Waals surface area contributed by atoms with Crippen LogP contribution < -0.4 is 0 Å². The number of ether oxygens (including phenoxy) is 1. The van der Waals surface area contributed by atoms with Gasteiger partial charge in [0.1, 0.15) is 5.60 Å². The van der Waals surface area contributed by atoms with Crippen molar-refractivity contribution in [2.24, 2.45) is 0 Å². The molecule has 0 saturated heterocycles. The molecule has 31 heavy (non-hydrogen) atoms. The maximum Gasteiger partial charge on any atom is 0.314 e. The molecule has 3 aromatic carbocycles. The zero-order chi connectivity index (χ0) is 22.4. The Morgan fingerprint density at radius 1 is 0.774 bits per heavy atom. The third-order valence-corrected chi connectivity index (χ3v) is 5.23. The molecular weight excluding hydrogens is 384 g/mol. The number of rotatable bonds is 7. The quantitative estimate of drug-likeness (QED) is 0.328. The molecule has 0 aliphatic rings. The molecular formula is C28H30O3. The van der Waals surface area contributed by atoms with E-state index in [-0.39, 0.29) is 24.1 Å². The normalized spacial score (nSPS) is 13.3. The summed E-state index contributed by atoms with van der Waals surface area (Å²) < 4.78 is 5.81. The van der Waals surface area contributed by atoms with Crippen LogP contribution in [0.1, 0.15) is 66.1 Å². The van der Waals surface area contributed by atoms with Crippen LogP contribution >= 0.6 is 0 Å². The van der Waals surface area contributed by atoms with Crippen molar-refractivity contribution in [1.29, 1.82) is 0 Å². The second-order valence-corrected chi connectivity index (χ2v) is 8.93. The number of esters is 1. The lowest BCUT2D eigenvalue weighted by Crippen LogP contribution is -2.31. The highest BCUT2D eigenvalue weighted by molar-refractivity contribution is 5.97. The molecule has 0 saturated carbocycles. The van der Waals surface area contributed by atoms with Crippen LogP contribution in [0.5, 0.6) is 0 Å². The van der Waals surface area contributed by atoms with Crippen molar-refractivity contribution in [3.8, 4) is 0 Å². The standard InChI is InChI=1S/C28H30O3/c1-20-15-17-22(18-16-20)25(29)19-24(21-11-7-5-8-12-21)26(23-13-9-6-10-14-23)27(30)31-28(2,3)4/h5-18,24,26H,19H2,1-4H3. The minimum absolute atomic E-state index is 0.0124. The summed E-state index contributed by atoms with van der Waals surface area (Å²) in [5.74, 6) is -1.23. The van der Waals surface area contributed by atoms with Gasteiger partial charge in [0.15, 0.2) is 5.78 Å². The average Bonchev–Trinajstić information content (AvgIpc) is 2.74. The van der Waals surface area contributed by atoms with Gasteiger partial charge in [-0.15, -0.1) is 0 Å². The fraction of sp³-hybridized carbons (Fsp3) is 0.286. The molecule has 0 heterocycles. The van der Waals surface area contributed by atoms with Crippen molar-refractivity contribution in [3.63, 3.8) is 0 Å². The van der Waals surface area contributed by atoms with E-state index in [0.717, 1.165) is 16.7 Å². The molecule has 2 unspecified atom stereocenters. The maximum atomic E-state index is 13.4. The fourth-order valence-corrected chi connectivity index (χ4v) is 3.74. The summed E-state index contributed by atoms with van der Waals surface area (Å²) in [5, 5.41) is 0. The molecule has 0 aromatic heterocycles. The van der Waals surface area contributed by atoms with Gasteiger partial charge in [0, 0.05) is 17.9 Å². The van der Waals surface area contributed by atoms with Gasteiger partial charge in [-0.3, -0.25) is 9.59 Å². The second kappa shape index (κ2) is 9.74. The molecule has 0 amide bonds. The predicted octanol–water partition coefficient (Wildman–Crippen LogP) is 6.48. The predicted molar refractivity (Wildman–Crippen MR) is 124 cm³/mol. The number of carbonyl (C=O) groups is 2. The fourth-order valence-electron chi connectivity index (χ4n) is 3.74. The molecule has 0 aliphatic carbocycles. The minimum Gasteiger partial charge on any atom is -0.459 e. The van der Waals surface area contributed by atoms with Gasteiger partial charge in [0.2, 0.25) is 0 Å². The smallest absolute Gasteiger partial charge is 0.314 e. The van der Waals surface area contributed by atoms with Crippen LogP contribution in [0.3, 0.4) is 0 Å². The summed E-state index contributed by atoms with van der Waals surface area (Å²) in [6.45, 7) is 7.58. The summed E-state index contributed by atoms with van der Waals surface area (Å²) in [6, 6.07) is 27.0. The number of ketones is 1. The molecule has 0 bridgehead atoms. The highest BCUT2D eigenvalue weighted by atomic mass is 16.6. The molecule has 0 aliphatic heterocycles. The van der Waals surface area contributed by atoms with Crippen LogP contribution in [-0.2, 0) is 9.53 Å². The van der Waals surface area contributed by atoms with Crippen molar-refractivity contribution >= 4 is 11.8 Å². The topological polar surface area (TPSA) is 43.4 Å². The molecule has 0 fully saturated rings. The van der Waals surface area contributed by atoms with E-state index in [1.165, 1.54) is 0 Å². The Morgan fingerprint density at radius 3 is 1.81 bits per heavy atom. The summed E-state index contributed by atoms with van der Waals surface area (Å²) in [7, 11) is 0. The largest absolute Gasteiger partial charge is 0.459 e. The number of hydrogen-bond donors (Lipinski definition) is 0. The minimum atomic E-state index is -0.619. The van der Waals surface area contributed by atoms with E-state index in [2.05, 4.69) is 0 Å². The lowest BCUT2D eigenvalue weighted by atomic mass is 9.77. The number of carbonyl (C=O) groups excluding carboxylic acids is 2. The van der Waals surface area contributed by atoms with Crippen LogP contribution in [0, 0.1) is 6.92 Å². The number of Topliss-reactive ketones (excluding diaryl/α,β-unsaturated/α-hetero) is 1. The van der Waals surface area contributed by atoms with Gasteiger partial charge >= 0.3 is 5.97 Å². The van der Waals surface area contributed by atoms with Gasteiger partial charge in [-0.1, -0.05) is 90.5 Å². The average molecular weight is 415 g/mol. The van der Waals surface area contributed by atoms with Crippen LogP contribution in [-0.4, -0.2) is 17.4 Å². The number of aryl methyl sites for hydroxylation is 1. The molecule has 3 aromatic rings. The summed E-state index contributed by atoms with van der Waals surface area (Å²) in [5.41, 5.74) is 2.94. The molecule has 3 rings (SSSR count). The van der Waals surface area contributed by atoms with E-state index in [1.807, 2.05) is 113 Å². The van der Waals surface area contributed by atoms with Crippen molar-refractivity contribution in [2.75, 3.05) is 0 Å². The number of benzene rings is 3. The monoisotopic (exact) mass is 414 g/mol. The summed E-state index contributed by atoms with van der Waals surface area (Å²) >= 11 is 0. The lowest BCUT2D eigenvalue weighted by molar-refractivity contribution is -0.157. The van der Waals surface area contributed by atoms with Gasteiger partial charge in [0.25, 0.3) is 0 Å². The third-order valence-electron chi connectivity index (χ3n) is 5.23. The Hall–Kier alpha value is -3.20. The highest BCUT2D eigenvalue weighted by Crippen LogP contribution is 2.38. The van der Waals surface area contributed by atoms with E-state index < -0.39 is 11.5 Å². The molecule has 3 nitrogen and oxygen atoms in total. The SMILES string of the molecule is Cc1ccc(C(=O)CC(c2ccccc2)C(C(=O)OC(C)(C)C)c2ccccc2)cc1. The first-order chi connectivity index (χ1) is 14.7. The van der Waals surface area contributed by atoms with Gasteiger partial charge in [-0.2, -0.15) is 0 Å². The molecule has 0 N–H and O–H groups in total. The van der Waals surface area contributed by atoms with Crippen molar-refractivity contribution in [2.45, 2.75) is 51.6 Å². The Balaban J connectivity index is 2.04. The molecule has 3 heteroatoms. The molecule has 0 spiro atoms. The van der Waals surface area contributed by atoms with Crippen molar-refractivity contribution in [3.05, 3.63) is 107 Å².